The number of benzene rings is 2. The Balaban J connectivity index is 1.54. The lowest BCUT2D eigenvalue weighted by Crippen LogP contribution is -2.29. The molecule has 1 amide bonds. The number of carbonyl (C=O) groups is 1. The van der Waals surface area contributed by atoms with E-state index in [2.05, 4.69) is 40.6 Å². The Morgan fingerprint density at radius 1 is 1.14 bits per heavy atom. The van der Waals surface area contributed by atoms with Gasteiger partial charge in [0.2, 0.25) is 0 Å². The van der Waals surface area contributed by atoms with E-state index in [0.29, 0.717) is 6.54 Å². The van der Waals surface area contributed by atoms with Gasteiger partial charge in [0, 0.05) is 44.0 Å². The van der Waals surface area contributed by atoms with Crippen molar-refractivity contribution in [1.29, 1.82) is 0 Å². The molecule has 4 nitrogen and oxygen atoms in total. The van der Waals surface area contributed by atoms with Gasteiger partial charge in [0.25, 0.3) is 5.91 Å². The van der Waals surface area contributed by atoms with E-state index in [0.717, 1.165) is 42.6 Å². The number of amides is 1. The Morgan fingerprint density at radius 2 is 2.07 bits per heavy atom. The second kappa shape index (κ2) is 8.36. The van der Waals surface area contributed by atoms with Crippen LogP contribution in [0.25, 0.3) is 16.3 Å². The second-order valence-corrected chi connectivity index (χ2v) is 7.22. The third-order valence-corrected chi connectivity index (χ3v) is 5.31. The average molecular weight is 371 g/mol. The molecule has 1 N–H and O–H groups in total. The van der Waals surface area contributed by atoms with Crippen LogP contribution in [0.3, 0.4) is 0 Å². The molecule has 142 valence electrons. The highest BCUT2D eigenvalue weighted by molar-refractivity contribution is 6.01. The Bertz CT molecular complexity index is 1010. The van der Waals surface area contributed by atoms with E-state index >= 15 is 0 Å². The van der Waals surface area contributed by atoms with Crippen molar-refractivity contribution in [3.05, 3.63) is 83.7 Å². The van der Waals surface area contributed by atoms with Gasteiger partial charge in [-0.05, 0) is 59.1 Å². The van der Waals surface area contributed by atoms with Crippen LogP contribution in [-0.2, 0) is 6.42 Å². The molecule has 0 aliphatic carbocycles. The normalized spacial score (nSPS) is 14.0. The molecule has 1 aliphatic rings. The van der Waals surface area contributed by atoms with Crippen LogP contribution in [0.15, 0.2) is 66.9 Å². The molecule has 4 rings (SSSR count). The molecule has 0 saturated heterocycles. The van der Waals surface area contributed by atoms with E-state index in [4.69, 9.17) is 0 Å². The molecule has 0 fully saturated rings. The van der Waals surface area contributed by atoms with Gasteiger partial charge in [0.05, 0.1) is 0 Å². The number of rotatable bonds is 5. The summed E-state index contributed by atoms with van der Waals surface area (Å²) in [5, 5.41) is 5.69. The highest BCUT2D eigenvalue weighted by atomic mass is 16.2. The van der Waals surface area contributed by atoms with E-state index in [-0.39, 0.29) is 5.91 Å². The molecular weight excluding hydrogens is 346 g/mol. The number of hydrogen-bond donors (Lipinski definition) is 1. The fraction of sp³-hybridized carbons (Fsp3) is 0.250. The predicted octanol–water partition coefficient (Wildman–Crippen LogP) is 3.93. The molecule has 2 aromatic carbocycles. The molecule has 0 bridgehead atoms. The first kappa shape index (κ1) is 18.4. The summed E-state index contributed by atoms with van der Waals surface area (Å²) in [5.41, 5.74) is 4.39. The van der Waals surface area contributed by atoms with Gasteiger partial charge in [-0.15, -0.1) is 0 Å². The summed E-state index contributed by atoms with van der Waals surface area (Å²) in [6.45, 7) is 2.58. The van der Waals surface area contributed by atoms with E-state index in [9.17, 15) is 4.79 Å². The van der Waals surface area contributed by atoms with Crippen LogP contribution in [-0.4, -0.2) is 42.5 Å². The van der Waals surface area contributed by atoms with Gasteiger partial charge in [-0.1, -0.05) is 36.4 Å². The van der Waals surface area contributed by atoms with Gasteiger partial charge in [-0.3, -0.25) is 9.78 Å². The zero-order valence-corrected chi connectivity index (χ0v) is 16.2. The van der Waals surface area contributed by atoms with Gasteiger partial charge in [-0.2, -0.15) is 0 Å². The summed E-state index contributed by atoms with van der Waals surface area (Å²) in [7, 11) is 1.85. The first-order valence-electron chi connectivity index (χ1n) is 9.80. The number of nitrogens with one attached hydrogen (secondary N) is 1. The summed E-state index contributed by atoms with van der Waals surface area (Å²) in [6, 6.07) is 18.3. The quantitative estimate of drug-likeness (QED) is 0.739. The lowest BCUT2D eigenvalue weighted by Gasteiger charge is -2.18. The molecule has 1 aromatic heterocycles. The highest BCUT2D eigenvalue weighted by Gasteiger charge is 2.14. The lowest BCUT2D eigenvalue weighted by molar-refractivity contribution is 0.0796. The molecule has 4 heteroatoms. The minimum Gasteiger partial charge on any atom is -0.341 e. The first-order valence-corrected chi connectivity index (χ1v) is 9.80. The lowest BCUT2D eigenvalue weighted by atomic mass is 9.93. The summed E-state index contributed by atoms with van der Waals surface area (Å²) in [6.07, 6.45) is 5.84. The van der Waals surface area contributed by atoms with Crippen LogP contribution < -0.4 is 5.32 Å². The number of nitrogens with zero attached hydrogens (tertiary/aromatic N) is 2. The Kier molecular flexibility index (Phi) is 5.49. The molecule has 0 atom stereocenters. The Morgan fingerprint density at radius 3 is 2.86 bits per heavy atom. The smallest absolute Gasteiger partial charge is 0.253 e. The van der Waals surface area contributed by atoms with Crippen molar-refractivity contribution >= 4 is 22.3 Å². The average Bonchev–Trinajstić information content (AvgIpc) is 2.77. The summed E-state index contributed by atoms with van der Waals surface area (Å²) >= 11 is 0. The number of hydrogen-bond acceptors (Lipinski definition) is 3. The standard InChI is InChI=1S/C24H25N3O/c1-27(16-12-21-6-2-3-13-26-21)24(28)20-8-9-23-19(17-20)5-4-7-22(23)18-10-14-25-15-11-18/h2-10,13,17,25H,11-12,14-16H2,1H3. The SMILES string of the molecule is CN(CCc1ccccn1)C(=O)c1ccc2c(C3=CCNCC3)cccc2c1. The van der Waals surface area contributed by atoms with Crippen molar-refractivity contribution in [2.24, 2.45) is 0 Å². The van der Waals surface area contributed by atoms with Gasteiger partial charge in [0.15, 0.2) is 0 Å². The number of carbonyl (C=O) groups excluding carboxylic acids is 1. The third kappa shape index (κ3) is 3.97. The molecule has 0 saturated carbocycles. The van der Waals surface area contributed by atoms with Crippen LogP contribution in [0.1, 0.15) is 28.0 Å². The zero-order valence-electron chi connectivity index (χ0n) is 16.2. The van der Waals surface area contributed by atoms with Crippen molar-refractivity contribution in [2.45, 2.75) is 12.8 Å². The van der Waals surface area contributed by atoms with Crippen LogP contribution in [0.2, 0.25) is 0 Å². The molecule has 2 heterocycles. The zero-order chi connectivity index (χ0) is 19.3. The summed E-state index contributed by atoms with van der Waals surface area (Å²) < 4.78 is 0. The van der Waals surface area contributed by atoms with E-state index in [1.54, 1.807) is 11.1 Å². The number of pyridine rings is 1. The van der Waals surface area contributed by atoms with Gasteiger partial charge in [-0.25, -0.2) is 0 Å². The second-order valence-electron chi connectivity index (χ2n) is 7.22. The van der Waals surface area contributed by atoms with Gasteiger partial charge in [0.1, 0.15) is 0 Å². The molecule has 3 aromatic rings. The van der Waals surface area contributed by atoms with E-state index in [1.807, 2.05) is 37.4 Å². The maximum Gasteiger partial charge on any atom is 0.253 e. The Hall–Kier alpha value is -2.98. The van der Waals surface area contributed by atoms with Crippen molar-refractivity contribution in [3.63, 3.8) is 0 Å². The summed E-state index contributed by atoms with van der Waals surface area (Å²) in [4.78, 5) is 19.0. The number of likely N-dealkylation sites (N-methyl/N-ethyl adjacent to an activating group) is 1. The van der Waals surface area contributed by atoms with Crippen LogP contribution in [0.4, 0.5) is 0 Å². The highest BCUT2D eigenvalue weighted by Crippen LogP contribution is 2.28. The first-order chi connectivity index (χ1) is 13.7. The third-order valence-electron chi connectivity index (χ3n) is 5.31. The summed E-state index contributed by atoms with van der Waals surface area (Å²) in [5.74, 6) is 0.0457. The van der Waals surface area contributed by atoms with Gasteiger partial charge < -0.3 is 10.2 Å². The minimum absolute atomic E-state index is 0.0457. The maximum atomic E-state index is 12.9. The molecule has 0 radical (unpaired) electrons. The molecule has 0 spiro atoms. The fourth-order valence-electron chi connectivity index (χ4n) is 3.71. The number of fused-ring (bicyclic) bond motifs is 1. The number of aromatic nitrogens is 1. The van der Waals surface area contributed by atoms with Crippen LogP contribution in [0, 0.1) is 0 Å². The Labute approximate surface area is 165 Å². The van der Waals surface area contributed by atoms with Crippen LogP contribution in [0.5, 0.6) is 0 Å². The van der Waals surface area contributed by atoms with Crippen LogP contribution >= 0.6 is 0 Å². The van der Waals surface area contributed by atoms with Crippen molar-refractivity contribution < 1.29 is 4.79 Å². The monoisotopic (exact) mass is 371 g/mol. The predicted molar refractivity (Wildman–Crippen MR) is 114 cm³/mol. The maximum absolute atomic E-state index is 12.9. The minimum atomic E-state index is 0.0457. The topological polar surface area (TPSA) is 45.2 Å². The van der Waals surface area contributed by atoms with Gasteiger partial charge >= 0.3 is 0 Å². The van der Waals surface area contributed by atoms with E-state index < -0.39 is 0 Å². The molecule has 1 aliphatic heterocycles. The fourth-order valence-corrected chi connectivity index (χ4v) is 3.71. The molecule has 0 unspecified atom stereocenters. The molecular formula is C24H25N3O. The van der Waals surface area contributed by atoms with E-state index in [1.165, 1.54) is 16.5 Å². The largest absolute Gasteiger partial charge is 0.341 e. The molecule has 28 heavy (non-hydrogen) atoms. The van der Waals surface area contributed by atoms with Crippen molar-refractivity contribution in [2.75, 3.05) is 26.7 Å². The van der Waals surface area contributed by atoms with Crippen molar-refractivity contribution in [3.8, 4) is 0 Å². The van der Waals surface area contributed by atoms with Crippen molar-refractivity contribution in [1.82, 2.24) is 15.2 Å².